The summed E-state index contributed by atoms with van der Waals surface area (Å²) in [5, 5.41) is 24.4. The van der Waals surface area contributed by atoms with Crippen molar-refractivity contribution in [2.45, 2.75) is 6.36 Å². The van der Waals surface area contributed by atoms with Gasteiger partial charge in [0.1, 0.15) is 21.9 Å². The Balaban J connectivity index is 1.83. The minimum Gasteiger partial charge on any atom is -0.478 e. The van der Waals surface area contributed by atoms with Gasteiger partial charge < -0.3 is 9.84 Å². The van der Waals surface area contributed by atoms with Crippen LogP contribution in [0.4, 0.5) is 18.3 Å². The van der Waals surface area contributed by atoms with Gasteiger partial charge in [0.05, 0.1) is 5.56 Å². The molecule has 0 aliphatic rings. The number of aromatic nitrogens is 1. The molecule has 0 aliphatic carbocycles. The Morgan fingerprint density at radius 3 is 2.40 bits per heavy atom. The lowest BCUT2D eigenvalue weighted by molar-refractivity contribution is -0.274. The molecule has 0 saturated heterocycles. The summed E-state index contributed by atoms with van der Waals surface area (Å²) in [6.07, 6.45) is -4.81. The first-order valence-electron chi connectivity index (χ1n) is 8.10. The minimum absolute atomic E-state index is 0.0499. The molecule has 0 spiro atoms. The number of benzene rings is 2. The SMILES string of the molecule is N#C[s+]1cc(-c2ccc(OC(F)(F)F)cc2)nc1NC(=O)c1cccc(C(=O)O)c1. The third-order valence-corrected chi connectivity index (χ3v) is 5.00. The number of alkyl halides is 3. The maximum Gasteiger partial charge on any atom is 0.573 e. The average Bonchev–Trinajstić information content (AvgIpc) is 3.10. The predicted octanol–water partition coefficient (Wildman–Crippen LogP) is 4.68. The van der Waals surface area contributed by atoms with Gasteiger partial charge in [-0.1, -0.05) is 6.07 Å². The lowest BCUT2D eigenvalue weighted by atomic mass is 10.1. The Labute approximate surface area is 170 Å². The van der Waals surface area contributed by atoms with Crippen LogP contribution in [0.1, 0.15) is 20.7 Å². The van der Waals surface area contributed by atoms with Crippen LogP contribution in [0, 0.1) is 10.7 Å². The smallest absolute Gasteiger partial charge is 0.478 e. The highest BCUT2D eigenvalue weighted by Crippen LogP contribution is 2.35. The third kappa shape index (κ3) is 4.92. The summed E-state index contributed by atoms with van der Waals surface area (Å²) in [6, 6.07) is 10.2. The number of thiazole rings is 1. The van der Waals surface area contributed by atoms with Gasteiger partial charge in [-0.05, 0) is 42.5 Å². The quantitative estimate of drug-likeness (QED) is 0.564. The van der Waals surface area contributed by atoms with Crippen molar-refractivity contribution in [2.75, 3.05) is 5.32 Å². The molecule has 0 bridgehead atoms. The summed E-state index contributed by atoms with van der Waals surface area (Å²) in [5.41, 5.74) is 0.721. The summed E-state index contributed by atoms with van der Waals surface area (Å²) in [4.78, 5) is 27.7. The molecule has 2 aromatic carbocycles. The molecule has 1 amide bonds. The number of carbonyl (C=O) groups excluding carboxylic acids is 1. The van der Waals surface area contributed by atoms with Crippen molar-refractivity contribution in [3.63, 3.8) is 0 Å². The Bertz CT molecular complexity index is 1150. The van der Waals surface area contributed by atoms with Crippen molar-refractivity contribution in [2.24, 2.45) is 0 Å². The molecule has 11 heteroatoms. The molecule has 1 unspecified atom stereocenters. The lowest BCUT2D eigenvalue weighted by Crippen LogP contribution is -2.16. The van der Waals surface area contributed by atoms with Crippen LogP contribution in [0.3, 0.4) is 0 Å². The Morgan fingerprint density at radius 1 is 1.13 bits per heavy atom. The van der Waals surface area contributed by atoms with E-state index >= 15 is 0 Å². The zero-order valence-electron chi connectivity index (χ0n) is 14.8. The van der Waals surface area contributed by atoms with Crippen molar-refractivity contribution in [1.82, 2.24) is 4.98 Å². The monoisotopic (exact) mass is 434 g/mol. The fraction of sp³-hybridized carbons (Fsp3) is 0.0526. The largest absolute Gasteiger partial charge is 0.573 e. The number of hydrogen-bond acceptors (Lipinski definition) is 5. The van der Waals surface area contributed by atoms with Crippen LogP contribution in [-0.4, -0.2) is 28.3 Å². The molecule has 30 heavy (non-hydrogen) atoms. The molecule has 1 atom stereocenters. The number of ether oxygens (including phenoxy) is 1. The number of rotatable bonds is 5. The number of carbonyl (C=O) groups is 2. The van der Waals surface area contributed by atoms with Crippen LogP contribution in [0.15, 0.2) is 53.9 Å². The van der Waals surface area contributed by atoms with Crippen molar-refractivity contribution in [3.8, 4) is 22.4 Å². The number of nitriles is 1. The highest BCUT2D eigenvalue weighted by Gasteiger charge is 2.31. The van der Waals surface area contributed by atoms with Crippen LogP contribution in [0.5, 0.6) is 5.75 Å². The summed E-state index contributed by atoms with van der Waals surface area (Å²) < 4.78 is 40.6. The first kappa shape index (κ1) is 20.8. The molecule has 0 aliphatic heterocycles. The summed E-state index contributed by atoms with van der Waals surface area (Å²) in [5.74, 6) is -2.24. The minimum atomic E-state index is -4.81. The van der Waals surface area contributed by atoms with E-state index in [-0.39, 0.29) is 16.3 Å². The second kappa shape index (κ2) is 8.22. The van der Waals surface area contributed by atoms with Gasteiger partial charge in [0.15, 0.2) is 5.38 Å². The van der Waals surface area contributed by atoms with Crippen LogP contribution in [-0.2, 0) is 0 Å². The number of nitrogens with one attached hydrogen (secondary N) is 1. The van der Waals surface area contributed by atoms with Gasteiger partial charge in [0, 0.05) is 11.1 Å². The number of aromatic carboxylic acids is 1. The molecule has 152 valence electrons. The molecule has 0 fully saturated rings. The fourth-order valence-corrected chi connectivity index (χ4v) is 3.49. The van der Waals surface area contributed by atoms with Crippen molar-refractivity contribution in [1.29, 1.82) is 5.26 Å². The molecule has 2 N–H and O–H groups in total. The van der Waals surface area contributed by atoms with Crippen molar-refractivity contribution in [3.05, 3.63) is 65.0 Å². The fourth-order valence-electron chi connectivity index (χ4n) is 2.43. The van der Waals surface area contributed by atoms with E-state index in [0.29, 0.717) is 11.3 Å². The molecular formula is C19H11F3N3O4S+. The van der Waals surface area contributed by atoms with Gasteiger partial charge in [-0.2, -0.15) is 4.98 Å². The number of amides is 1. The lowest BCUT2D eigenvalue weighted by Gasteiger charge is -2.08. The third-order valence-electron chi connectivity index (χ3n) is 3.73. The average molecular weight is 434 g/mol. The van der Waals surface area contributed by atoms with E-state index in [1.54, 1.807) is 0 Å². The van der Waals surface area contributed by atoms with E-state index in [0.717, 1.165) is 12.1 Å². The molecule has 7 nitrogen and oxygen atoms in total. The van der Waals surface area contributed by atoms with Crippen molar-refractivity contribution >= 4 is 27.5 Å². The molecular weight excluding hydrogens is 423 g/mol. The second-order valence-corrected chi connectivity index (χ2v) is 7.24. The number of carboxylic acids is 1. The zero-order valence-corrected chi connectivity index (χ0v) is 15.6. The van der Waals surface area contributed by atoms with Crippen LogP contribution in [0.2, 0.25) is 0 Å². The van der Waals surface area contributed by atoms with Crippen molar-refractivity contribution < 1.29 is 32.6 Å². The molecule has 1 heterocycles. The first-order chi connectivity index (χ1) is 14.2. The summed E-state index contributed by atoms with van der Waals surface area (Å²) in [7, 11) is -1.20. The predicted molar refractivity (Wildman–Crippen MR) is 101 cm³/mol. The molecule has 3 aromatic rings. The van der Waals surface area contributed by atoms with Crippen LogP contribution < -0.4 is 10.1 Å². The van der Waals surface area contributed by atoms with Gasteiger partial charge in [0.25, 0.3) is 5.91 Å². The van der Waals surface area contributed by atoms with Crippen LogP contribution in [0.25, 0.3) is 11.3 Å². The van der Waals surface area contributed by atoms with E-state index in [1.807, 2.05) is 5.40 Å². The highest BCUT2D eigenvalue weighted by atomic mass is 32.2. The molecule has 0 radical (unpaired) electrons. The summed E-state index contributed by atoms with van der Waals surface area (Å²) >= 11 is 0. The van der Waals surface area contributed by atoms with E-state index in [4.69, 9.17) is 5.11 Å². The Hall–Kier alpha value is -3.91. The van der Waals surface area contributed by atoms with E-state index in [1.165, 1.54) is 41.8 Å². The van der Waals surface area contributed by atoms with E-state index < -0.39 is 34.5 Å². The van der Waals surface area contributed by atoms with Gasteiger partial charge in [-0.25, -0.2) is 4.79 Å². The number of hydrogen-bond donors (Lipinski definition) is 2. The number of nitrogens with zero attached hydrogens (tertiary/aromatic N) is 2. The highest BCUT2D eigenvalue weighted by molar-refractivity contribution is 7.39. The Kier molecular flexibility index (Phi) is 5.70. The van der Waals surface area contributed by atoms with Gasteiger partial charge in [0.2, 0.25) is 0 Å². The van der Waals surface area contributed by atoms with E-state index in [9.17, 15) is 28.0 Å². The van der Waals surface area contributed by atoms with Crippen LogP contribution >= 0.6 is 10.5 Å². The standard InChI is InChI=1S/C19H10F3N3O4S/c20-19(21,22)29-14-6-4-11(5-7-14)15-9-30(10-23)18(24-15)25-16(26)12-2-1-3-13(8-12)17(27)28/h1-9H,(H-,24,25,26,27,28)/p+1. The Morgan fingerprint density at radius 2 is 1.80 bits per heavy atom. The number of carboxylic acid groups (broad SMARTS) is 1. The van der Waals surface area contributed by atoms with Gasteiger partial charge in [-0.15, -0.1) is 18.4 Å². The summed E-state index contributed by atoms with van der Waals surface area (Å²) in [6.45, 7) is 0. The molecule has 3 rings (SSSR count). The van der Waals surface area contributed by atoms with E-state index in [2.05, 4.69) is 15.0 Å². The maximum absolute atomic E-state index is 12.4. The zero-order chi connectivity index (χ0) is 21.9. The molecule has 1 aromatic heterocycles. The van der Waals surface area contributed by atoms with Gasteiger partial charge >= 0.3 is 22.9 Å². The van der Waals surface area contributed by atoms with Gasteiger partial charge in [-0.3, -0.25) is 10.1 Å². The molecule has 0 saturated carbocycles. The first-order valence-corrected chi connectivity index (χ1v) is 9.39. The second-order valence-electron chi connectivity index (χ2n) is 5.76. The normalized spacial score (nSPS) is 11.5. The topological polar surface area (TPSA) is 112 Å². The maximum atomic E-state index is 12.4. The number of anilines is 1. The number of halogens is 3.